The molecule has 0 saturated carbocycles. The van der Waals surface area contributed by atoms with E-state index in [1.165, 1.54) is 23.8 Å². The predicted octanol–water partition coefficient (Wildman–Crippen LogP) is 4.26. The first-order valence-corrected chi connectivity index (χ1v) is 11.2. The van der Waals surface area contributed by atoms with Gasteiger partial charge in [0.2, 0.25) is 5.91 Å². The molecule has 0 atom stereocenters. The zero-order valence-electron chi connectivity index (χ0n) is 19.7. The molecule has 0 spiro atoms. The molecule has 0 unspecified atom stereocenters. The van der Waals surface area contributed by atoms with Gasteiger partial charge in [-0.1, -0.05) is 55.8 Å². The van der Waals surface area contributed by atoms with Crippen LogP contribution in [0.5, 0.6) is 0 Å². The van der Waals surface area contributed by atoms with Gasteiger partial charge in [0.05, 0.1) is 17.8 Å². The van der Waals surface area contributed by atoms with Gasteiger partial charge in [-0.05, 0) is 24.6 Å². The number of halogens is 3. The Morgan fingerprint density at radius 3 is 2.29 bits per heavy atom. The second-order valence-electron chi connectivity index (χ2n) is 9.27. The van der Waals surface area contributed by atoms with Crippen LogP contribution in [0.1, 0.15) is 30.5 Å². The molecule has 3 rings (SSSR count). The normalized spacial score (nSPS) is 15.2. The number of nitrogens with one attached hydrogen (secondary N) is 2. The quantitative estimate of drug-likeness (QED) is 0.655. The molecule has 0 aliphatic carbocycles. The van der Waals surface area contributed by atoms with E-state index in [0.717, 1.165) is 11.6 Å². The van der Waals surface area contributed by atoms with Crippen molar-refractivity contribution in [3.05, 3.63) is 65.2 Å². The first-order chi connectivity index (χ1) is 16.0. The highest BCUT2D eigenvalue weighted by molar-refractivity contribution is 5.93. The molecule has 0 aromatic heterocycles. The molecule has 34 heavy (non-hydrogen) atoms. The Kier molecular flexibility index (Phi) is 7.86. The number of nitrogens with zero attached hydrogens (tertiary/aromatic N) is 2. The smallest absolute Gasteiger partial charge is 0.337 e. The Labute approximate surface area is 198 Å². The molecule has 0 bridgehead atoms. The van der Waals surface area contributed by atoms with Crippen LogP contribution in [0.15, 0.2) is 48.5 Å². The summed E-state index contributed by atoms with van der Waals surface area (Å²) in [4.78, 5) is 28.5. The minimum absolute atomic E-state index is 0.0396. The molecule has 184 valence electrons. The summed E-state index contributed by atoms with van der Waals surface area (Å²) >= 11 is 0. The summed E-state index contributed by atoms with van der Waals surface area (Å²) in [5, 5.41) is 5.36. The zero-order valence-corrected chi connectivity index (χ0v) is 19.7. The van der Waals surface area contributed by atoms with Crippen LogP contribution in [-0.4, -0.2) is 61.0 Å². The Morgan fingerprint density at radius 1 is 0.971 bits per heavy atom. The van der Waals surface area contributed by atoms with Crippen molar-refractivity contribution in [1.82, 2.24) is 15.1 Å². The van der Waals surface area contributed by atoms with Crippen LogP contribution in [0.25, 0.3) is 0 Å². The minimum Gasteiger partial charge on any atom is -0.337 e. The molecular weight excluding hydrogens is 445 g/mol. The van der Waals surface area contributed by atoms with Gasteiger partial charge >= 0.3 is 12.2 Å². The molecule has 1 fully saturated rings. The number of amides is 3. The highest BCUT2D eigenvalue weighted by Crippen LogP contribution is 2.34. The average molecular weight is 477 g/mol. The number of hydrogen-bond donors (Lipinski definition) is 2. The third-order valence-corrected chi connectivity index (χ3v) is 6.01. The number of alkyl halides is 3. The summed E-state index contributed by atoms with van der Waals surface area (Å²) in [5.74, 6) is -0.519. The van der Waals surface area contributed by atoms with Gasteiger partial charge in [0.15, 0.2) is 0 Å². The fourth-order valence-corrected chi connectivity index (χ4v) is 3.92. The fourth-order valence-electron chi connectivity index (χ4n) is 3.92. The number of hydrogen-bond acceptors (Lipinski definition) is 3. The Morgan fingerprint density at radius 2 is 1.65 bits per heavy atom. The lowest BCUT2D eigenvalue weighted by molar-refractivity contribution is -0.137. The summed E-state index contributed by atoms with van der Waals surface area (Å²) in [6.45, 7) is 8.43. The van der Waals surface area contributed by atoms with Crippen LogP contribution in [-0.2, 0) is 16.4 Å². The van der Waals surface area contributed by atoms with Gasteiger partial charge in [-0.3, -0.25) is 9.69 Å². The number of aryl methyl sites for hydroxylation is 1. The van der Waals surface area contributed by atoms with Crippen molar-refractivity contribution in [3.63, 3.8) is 0 Å². The number of piperazine rings is 1. The monoisotopic (exact) mass is 476 g/mol. The number of benzene rings is 2. The van der Waals surface area contributed by atoms with Crippen molar-refractivity contribution < 1.29 is 22.8 Å². The standard InChI is InChI=1S/C25H31F3N4O2/c1-18-7-6-8-19(15-18)24(2,3)17-29-23(34)32-13-11-31(12-14-32)16-22(33)30-21-10-5-4-9-20(21)25(26,27)28/h4-10,15H,11-14,16-17H2,1-3H3,(H,29,34)(H,30,33). The number of carbonyl (C=O) groups excluding carboxylic acids is 2. The lowest BCUT2D eigenvalue weighted by Gasteiger charge is -2.35. The zero-order chi connectivity index (χ0) is 24.9. The van der Waals surface area contributed by atoms with Crippen molar-refractivity contribution in [2.45, 2.75) is 32.4 Å². The van der Waals surface area contributed by atoms with Crippen molar-refractivity contribution in [2.24, 2.45) is 0 Å². The predicted molar refractivity (Wildman–Crippen MR) is 126 cm³/mol. The molecule has 2 N–H and O–H groups in total. The first-order valence-electron chi connectivity index (χ1n) is 11.2. The van der Waals surface area contributed by atoms with Crippen LogP contribution in [0.2, 0.25) is 0 Å². The lowest BCUT2D eigenvalue weighted by Crippen LogP contribution is -2.54. The SMILES string of the molecule is Cc1cccc(C(C)(C)CNC(=O)N2CCN(CC(=O)Nc3ccccc3C(F)(F)F)CC2)c1. The van der Waals surface area contributed by atoms with Gasteiger partial charge in [-0.25, -0.2) is 4.79 Å². The lowest BCUT2D eigenvalue weighted by atomic mass is 9.84. The molecule has 0 radical (unpaired) electrons. The summed E-state index contributed by atoms with van der Waals surface area (Å²) in [5.41, 5.74) is 0.955. The van der Waals surface area contributed by atoms with Gasteiger partial charge in [-0.15, -0.1) is 0 Å². The highest BCUT2D eigenvalue weighted by atomic mass is 19.4. The van der Waals surface area contributed by atoms with E-state index in [0.29, 0.717) is 32.7 Å². The second kappa shape index (κ2) is 10.5. The number of urea groups is 1. The number of para-hydroxylation sites is 1. The van der Waals surface area contributed by atoms with Crippen LogP contribution >= 0.6 is 0 Å². The minimum atomic E-state index is -4.54. The van der Waals surface area contributed by atoms with E-state index in [4.69, 9.17) is 0 Å². The topological polar surface area (TPSA) is 64.7 Å². The van der Waals surface area contributed by atoms with Crippen molar-refractivity contribution in [1.29, 1.82) is 0 Å². The Bertz CT molecular complexity index is 1020. The van der Waals surface area contributed by atoms with E-state index in [-0.39, 0.29) is 23.7 Å². The molecule has 3 amide bonds. The van der Waals surface area contributed by atoms with Gasteiger partial charge in [-0.2, -0.15) is 13.2 Å². The van der Waals surface area contributed by atoms with Crippen LogP contribution in [0.3, 0.4) is 0 Å². The van der Waals surface area contributed by atoms with E-state index in [1.54, 1.807) is 4.90 Å². The molecule has 9 heteroatoms. The number of anilines is 1. The molecule has 1 heterocycles. The molecule has 2 aromatic rings. The van der Waals surface area contributed by atoms with Crippen LogP contribution in [0.4, 0.5) is 23.7 Å². The number of carbonyl (C=O) groups is 2. The third-order valence-electron chi connectivity index (χ3n) is 6.01. The summed E-state index contributed by atoms with van der Waals surface area (Å²) < 4.78 is 39.4. The van der Waals surface area contributed by atoms with Crippen molar-refractivity contribution in [2.75, 3.05) is 44.6 Å². The molecule has 6 nitrogen and oxygen atoms in total. The summed E-state index contributed by atoms with van der Waals surface area (Å²) in [6, 6.07) is 12.9. The van der Waals surface area contributed by atoms with Crippen LogP contribution < -0.4 is 10.6 Å². The van der Waals surface area contributed by atoms with Gasteiger partial charge < -0.3 is 15.5 Å². The molecule has 1 saturated heterocycles. The van der Waals surface area contributed by atoms with Crippen molar-refractivity contribution in [3.8, 4) is 0 Å². The van der Waals surface area contributed by atoms with E-state index >= 15 is 0 Å². The maximum atomic E-state index is 13.1. The molecule has 1 aliphatic heterocycles. The van der Waals surface area contributed by atoms with E-state index in [2.05, 4.69) is 36.6 Å². The largest absolute Gasteiger partial charge is 0.418 e. The Hall–Kier alpha value is -3.07. The third kappa shape index (κ3) is 6.72. The van der Waals surface area contributed by atoms with Gasteiger partial charge in [0, 0.05) is 38.1 Å². The van der Waals surface area contributed by atoms with Crippen molar-refractivity contribution >= 4 is 17.6 Å². The maximum absolute atomic E-state index is 13.1. The van der Waals surface area contributed by atoms with E-state index < -0.39 is 17.6 Å². The molecule has 1 aliphatic rings. The average Bonchev–Trinajstić information content (AvgIpc) is 2.77. The second-order valence-corrected chi connectivity index (χ2v) is 9.27. The van der Waals surface area contributed by atoms with E-state index in [1.807, 2.05) is 24.0 Å². The Balaban J connectivity index is 1.46. The summed E-state index contributed by atoms with van der Waals surface area (Å²) in [6.07, 6.45) is -4.54. The maximum Gasteiger partial charge on any atom is 0.418 e. The number of rotatable bonds is 6. The van der Waals surface area contributed by atoms with Gasteiger partial charge in [0.25, 0.3) is 0 Å². The summed E-state index contributed by atoms with van der Waals surface area (Å²) in [7, 11) is 0. The first kappa shape index (κ1) is 25.6. The van der Waals surface area contributed by atoms with E-state index in [9.17, 15) is 22.8 Å². The molecular formula is C25H31F3N4O2. The fraction of sp³-hybridized carbons (Fsp3) is 0.440. The van der Waals surface area contributed by atoms with Crippen LogP contribution in [0, 0.1) is 6.92 Å². The highest BCUT2D eigenvalue weighted by Gasteiger charge is 2.34. The van der Waals surface area contributed by atoms with Gasteiger partial charge in [0.1, 0.15) is 0 Å². The molecule has 2 aromatic carbocycles.